The normalized spacial score (nSPS) is 42.6. The second kappa shape index (κ2) is 3.10. The van der Waals surface area contributed by atoms with Gasteiger partial charge in [0.05, 0.1) is 6.10 Å². The Morgan fingerprint density at radius 3 is 2.69 bits per heavy atom. The number of hydrogen-bond donors (Lipinski definition) is 0. The number of rotatable bonds is 1. The lowest BCUT2D eigenvalue weighted by Crippen LogP contribution is -2.26. The van der Waals surface area contributed by atoms with Gasteiger partial charge in [0.2, 0.25) is 0 Å². The van der Waals surface area contributed by atoms with E-state index in [2.05, 4.69) is 6.58 Å². The molecule has 0 radical (unpaired) electrons. The molecule has 2 aliphatic rings. The Kier molecular flexibility index (Phi) is 2.20. The average Bonchev–Trinajstić information content (AvgIpc) is 2.33. The van der Waals surface area contributed by atoms with Crippen LogP contribution in [0.25, 0.3) is 0 Å². The van der Waals surface area contributed by atoms with Gasteiger partial charge in [0, 0.05) is 5.92 Å². The molecular formula is C9H14O3S. The van der Waals surface area contributed by atoms with Crippen molar-refractivity contribution in [2.24, 2.45) is 5.92 Å². The third-order valence-electron chi connectivity index (χ3n) is 3.00. The standard InChI is InChI=1S/C9H14O3S/c1-2-9-7-5-3-4-6-8(7)12-13(9,10)11/h2,7-9H,1,3-6H2. The first kappa shape index (κ1) is 9.21. The lowest BCUT2D eigenvalue weighted by Gasteiger charge is -2.23. The third kappa shape index (κ3) is 1.42. The molecule has 0 aromatic heterocycles. The summed E-state index contributed by atoms with van der Waals surface area (Å²) < 4.78 is 28.0. The summed E-state index contributed by atoms with van der Waals surface area (Å²) in [5.74, 6) is 0.163. The van der Waals surface area contributed by atoms with Gasteiger partial charge in [0.1, 0.15) is 5.25 Å². The third-order valence-corrected chi connectivity index (χ3v) is 4.72. The molecule has 3 atom stereocenters. The van der Waals surface area contributed by atoms with Gasteiger partial charge in [-0.25, -0.2) is 0 Å². The fourth-order valence-electron chi connectivity index (χ4n) is 2.36. The minimum atomic E-state index is -3.34. The van der Waals surface area contributed by atoms with Crippen LogP contribution in [0.3, 0.4) is 0 Å². The molecule has 1 aliphatic carbocycles. The lowest BCUT2D eigenvalue weighted by molar-refractivity contribution is 0.140. The predicted molar refractivity (Wildman–Crippen MR) is 49.7 cm³/mol. The molecule has 0 N–H and O–H groups in total. The minimum absolute atomic E-state index is 0.0678. The van der Waals surface area contributed by atoms with Crippen LogP contribution in [0.1, 0.15) is 25.7 Å². The van der Waals surface area contributed by atoms with E-state index in [1.54, 1.807) is 0 Å². The van der Waals surface area contributed by atoms with E-state index in [0.29, 0.717) is 0 Å². The van der Waals surface area contributed by atoms with Crippen LogP contribution in [0, 0.1) is 5.92 Å². The van der Waals surface area contributed by atoms with Crippen LogP contribution in [0.2, 0.25) is 0 Å². The van der Waals surface area contributed by atoms with E-state index in [1.165, 1.54) is 6.08 Å². The molecule has 0 spiro atoms. The minimum Gasteiger partial charge on any atom is -0.266 e. The van der Waals surface area contributed by atoms with Crippen LogP contribution in [-0.4, -0.2) is 19.8 Å². The van der Waals surface area contributed by atoms with Gasteiger partial charge in [-0.1, -0.05) is 18.9 Å². The van der Waals surface area contributed by atoms with Crippen LogP contribution in [0.15, 0.2) is 12.7 Å². The fourth-order valence-corrected chi connectivity index (χ4v) is 4.05. The Bertz CT molecular complexity index is 307. The summed E-state index contributed by atoms with van der Waals surface area (Å²) in [4.78, 5) is 0. The molecule has 3 nitrogen and oxygen atoms in total. The maximum atomic E-state index is 11.5. The van der Waals surface area contributed by atoms with E-state index >= 15 is 0 Å². The molecule has 0 bridgehead atoms. The highest BCUT2D eigenvalue weighted by Gasteiger charge is 2.47. The van der Waals surface area contributed by atoms with Gasteiger partial charge in [-0.05, 0) is 12.8 Å². The molecule has 2 fully saturated rings. The van der Waals surface area contributed by atoms with Crippen molar-refractivity contribution in [2.45, 2.75) is 37.0 Å². The van der Waals surface area contributed by atoms with Crippen molar-refractivity contribution >= 4 is 10.1 Å². The van der Waals surface area contributed by atoms with Gasteiger partial charge in [-0.15, -0.1) is 6.58 Å². The van der Waals surface area contributed by atoms with Gasteiger partial charge < -0.3 is 0 Å². The molecule has 2 rings (SSSR count). The first-order valence-electron chi connectivity index (χ1n) is 4.70. The molecular weight excluding hydrogens is 188 g/mol. The highest BCUT2D eigenvalue weighted by atomic mass is 32.2. The van der Waals surface area contributed by atoms with Crippen molar-refractivity contribution in [3.63, 3.8) is 0 Å². The van der Waals surface area contributed by atoms with Gasteiger partial charge in [-0.3, -0.25) is 4.18 Å². The van der Waals surface area contributed by atoms with E-state index < -0.39 is 15.4 Å². The van der Waals surface area contributed by atoms with Crippen molar-refractivity contribution in [1.82, 2.24) is 0 Å². The summed E-state index contributed by atoms with van der Waals surface area (Å²) in [7, 11) is -3.34. The van der Waals surface area contributed by atoms with Gasteiger partial charge in [0.15, 0.2) is 0 Å². The zero-order valence-electron chi connectivity index (χ0n) is 7.48. The van der Waals surface area contributed by atoms with Crippen molar-refractivity contribution in [3.05, 3.63) is 12.7 Å². The topological polar surface area (TPSA) is 43.4 Å². The van der Waals surface area contributed by atoms with Crippen LogP contribution in [-0.2, 0) is 14.3 Å². The van der Waals surface area contributed by atoms with Gasteiger partial charge in [0.25, 0.3) is 10.1 Å². The molecule has 0 aromatic rings. The molecule has 0 amide bonds. The van der Waals surface area contributed by atoms with E-state index in [9.17, 15) is 8.42 Å². The highest BCUT2D eigenvalue weighted by Crippen LogP contribution is 2.40. The SMILES string of the molecule is C=CC1C2CCCCC2OS1(=O)=O. The summed E-state index contributed by atoms with van der Waals surface area (Å²) in [6, 6.07) is 0. The summed E-state index contributed by atoms with van der Waals surface area (Å²) in [6.07, 6.45) is 5.49. The van der Waals surface area contributed by atoms with Crippen LogP contribution >= 0.6 is 0 Å². The van der Waals surface area contributed by atoms with E-state index in [-0.39, 0.29) is 12.0 Å². The molecule has 1 saturated carbocycles. The Morgan fingerprint density at radius 1 is 1.31 bits per heavy atom. The van der Waals surface area contributed by atoms with E-state index in [4.69, 9.17) is 4.18 Å². The summed E-state index contributed by atoms with van der Waals surface area (Å²) in [5.41, 5.74) is 0. The van der Waals surface area contributed by atoms with Crippen LogP contribution in [0.5, 0.6) is 0 Å². The molecule has 1 saturated heterocycles. The fraction of sp³-hybridized carbons (Fsp3) is 0.778. The van der Waals surface area contributed by atoms with Crippen LogP contribution < -0.4 is 0 Å². The van der Waals surface area contributed by atoms with Gasteiger partial charge >= 0.3 is 0 Å². The first-order chi connectivity index (χ1) is 6.15. The molecule has 13 heavy (non-hydrogen) atoms. The second-order valence-electron chi connectivity index (χ2n) is 3.78. The largest absolute Gasteiger partial charge is 0.274 e. The molecule has 1 aliphatic heterocycles. The van der Waals surface area contributed by atoms with Crippen molar-refractivity contribution in [2.75, 3.05) is 0 Å². The zero-order valence-corrected chi connectivity index (χ0v) is 8.29. The quantitative estimate of drug-likeness (QED) is 0.477. The van der Waals surface area contributed by atoms with Crippen LogP contribution in [0.4, 0.5) is 0 Å². The average molecular weight is 202 g/mol. The maximum Gasteiger partial charge on any atom is 0.274 e. The summed E-state index contributed by atoms with van der Waals surface area (Å²) >= 11 is 0. The molecule has 74 valence electrons. The summed E-state index contributed by atoms with van der Waals surface area (Å²) in [6.45, 7) is 3.57. The smallest absolute Gasteiger partial charge is 0.266 e. The molecule has 1 heterocycles. The Morgan fingerprint density at radius 2 is 2.00 bits per heavy atom. The monoisotopic (exact) mass is 202 g/mol. The second-order valence-corrected chi connectivity index (χ2v) is 5.50. The van der Waals surface area contributed by atoms with Crippen molar-refractivity contribution in [1.29, 1.82) is 0 Å². The van der Waals surface area contributed by atoms with E-state index in [1.807, 2.05) is 0 Å². The maximum absolute atomic E-state index is 11.5. The van der Waals surface area contributed by atoms with Gasteiger partial charge in [-0.2, -0.15) is 8.42 Å². The predicted octanol–water partition coefficient (Wildman–Crippen LogP) is 1.46. The molecule has 4 heteroatoms. The van der Waals surface area contributed by atoms with Crippen molar-refractivity contribution < 1.29 is 12.6 Å². The lowest BCUT2D eigenvalue weighted by atomic mass is 9.84. The first-order valence-corrected chi connectivity index (χ1v) is 6.17. The highest BCUT2D eigenvalue weighted by molar-refractivity contribution is 7.87. The van der Waals surface area contributed by atoms with E-state index in [0.717, 1.165) is 25.7 Å². The summed E-state index contributed by atoms with van der Waals surface area (Å²) in [5, 5.41) is -0.460. The molecule has 3 unspecified atom stereocenters. The Hall–Kier alpha value is -0.350. The number of hydrogen-bond acceptors (Lipinski definition) is 3. The number of fused-ring (bicyclic) bond motifs is 1. The Balaban J connectivity index is 2.29. The Labute approximate surface area is 78.9 Å². The van der Waals surface area contributed by atoms with Crippen molar-refractivity contribution in [3.8, 4) is 0 Å². The molecule has 0 aromatic carbocycles. The zero-order chi connectivity index (χ0) is 9.47.